The lowest BCUT2D eigenvalue weighted by atomic mass is 10.2. The predicted molar refractivity (Wildman–Crippen MR) is 147 cm³/mol. The van der Waals surface area contributed by atoms with E-state index in [1.165, 1.54) is 0 Å². The van der Waals surface area contributed by atoms with Gasteiger partial charge in [0.1, 0.15) is 5.75 Å². The normalized spacial score (nSPS) is 11.2. The number of hydrogen-bond acceptors (Lipinski definition) is 9. The van der Waals surface area contributed by atoms with Crippen molar-refractivity contribution in [2.24, 2.45) is 20.5 Å². The fraction of sp³-hybridized carbons (Fsp3) is 0.172. The second kappa shape index (κ2) is 13.0. The molecule has 0 amide bonds. The number of anilines is 1. The summed E-state index contributed by atoms with van der Waals surface area (Å²) in [5.41, 5.74) is 4.97. The fourth-order valence-electron chi connectivity index (χ4n) is 3.41. The molecule has 38 heavy (non-hydrogen) atoms. The first-order valence-electron chi connectivity index (χ1n) is 12.0. The maximum atomic E-state index is 12.7. The van der Waals surface area contributed by atoms with E-state index in [9.17, 15) is 4.79 Å². The molecule has 0 aliphatic carbocycles. The van der Waals surface area contributed by atoms with Gasteiger partial charge >= 0.3 is 5.97 Å². The van der Waals surface area contributed by atoms with Crippen molar-refractivity contribution in [3.8, 4) is 5.75 Å². The van der Waals surface area contributed by atoms with E-state index in [4.69, 9.17) is 9.47 Å². The van der Waals surface area contributed by atoms with Crippen molar-refractivity contribution in [1.82, 2.24) is 4.98 Å². The molecule has 0 saturated carbocycles. The summed E-state index contributed by atoms with van der Waals surface area (Å²) in [6.07, 6.45) is 3.31. The second-order valence-electron chi connectivity index (χ2n) is 8.42. The molecule has 0 saturated heterocycles. The highest BCUT2D eigenvalue weighted by Gasteiger charge is 2.11. The maximum absolute atomic E-state index is 12.7. The molecule has 0 N–H and O–H groups in total. The summed E-state index contributed by atoms with van der Waals surface area (Å²) < 4.78 is 10.7. The molecule has 4 aromatic rings. The Morgan fingerprint density at radius 2 is 1.34 bits per heavy atom. The molecule has 4 rings (SSSR count). The van der Waals surface area contributed by atoms with Gasteiger partial charge in [0.05, 0.1) is 34.9 Å². The van der Waals surface area contributed by atoms with Gasteiger partial charge in [0, 0.05) is 38.8 Å². The SMILES string of the molecule is COCCN(C)c1ccc(N=Nc2ccc(C(=O)Oc3ccc(N=Nc4ccncc4)cc3C)cc2)cc1. The van der Waals surface area contributed by atoms with Gasteiger partial charge in [0.15, 0.2) is 0 Å². The van der Waals surface area contributed by atoms with Gasteiger partial charge in [-0.05, 0) is 91.3 Å². The molecule has 0 bridgehead atoms. The van der Waals surface area contributed by atoms with E-state index in [0.717, 1.165) is 23.5 Å². The minimum atomic E-state index is -0.462. The van der Waals surface area contributed by atoms with Crippen LogP contribution in [0, 0.1) is 6.92 Å². The van der Waals surface area contributed by atoms with Crippen molar-refractivity contribution in [3.63, 3.8) is 0 Å². The largest absolute Gasteiger partial charge is 0.423 e. The molecule has 1 aromatic heterocycles. The highest BCUT2D eigenvalue weighted by molar-refractivity contribution is 5.91. The Balaban J connectivity index is 1.34. The van der Waals surface area contributed by atoms with Crippen molar-refractivity contribution in [2.75, 3.05) is 32.2 Å². The number of hydrogen-bond donors (Lipinski definition) is 0. The average molecular weight is 509 g/mol. The van der Waals surface area contributed by atoms with E-state index in [1.807, 2.05) is 38.2 Å². The van der Waals surface area contributed by atoms with Crippen LogP contribution < -0.4 is 9.64 Å². The van der Waals surface area contributed by atoms with Crippen LogP contribution in [0.1, 0.15) is 15.9 Å². The number of esters is 1. The number of pyridine rings is 1. The van der Waals surface area contributed by atoms with Crippen molar-refractivity contribution in [1.29, 1.82) is 0 Å². The van der Waals surface area contributed by atoms with Crippen LogP contribution in [0.2, 0.25) is 0 Å². The summed E-state index contributed by atoms with van der Waals surface area (Å²) in [7, 11) is 3.70. The Bertz CT molecular complexity index is 1400. The summed E-state index contributed by atoms with van der Waals surface area (Å²) in [6, 6.07) is 23.3. The van der Waals surface area contributed by atoms with Crippen molar-refractivity contribution in [3.05, 3.63) is 102 Å². The minimum Gasteiger partial charge on any atom is -0.423 e. The number of carbonyl (C=O) groups is 1. The van der Waals surface area contributed by atoms with Crippen LogP contribution >= 0.6 is 0 Å². The Morgan fingerprint density at radius 1 is 0.789 bits per heavy atom. The Labute approximate surface area is 221 Å². The summed E-state index contributed by atoms with van der Waals surface area (Å²) in [5.74, 6) is -0.00568. The van der Waals surface area contributed by atoms with Gasteiger partial charge in [-0.2, -0.15) is 20.5 Å². The van der Waals surface area contributed by atoms with Crippen LogP contribution in [0.3, 0.4) is 0 Å². The molecule has 0 aliphatic heterocycles. The lowest BCUT2D eigenvalue weighted by molar-refractivity contribution is 0.0733. The quantitative estimate of drug-likeness (QED) is 0.125. The molecule has 1 heterocycles. The maximum Gasteiger partial charge on any atom is 0.343 e. The lowest BCUT2D eigenvalue weighted by Crippen LogP contribution is -2.21. The Morgan fingerprint density at radius 3 is 1.95 bits per heavy atom. The Kier molecular flexibility index (Phi) is 8.98. The van der Waals surface area contributed by atoms with Crippen LogP contribution in [-0.4, -0.2) is 38.3 Å². The lowest BCUT2D eigenvalue weighted by Gasteiger charge is -2.18. The Hall–Kier alpha value is -4.76. The number of methoxy groups -OCH3 is 1. The first kappa shape index (κ1) is 26.3. The number of azo groups is 2. The van der Waals surface area contributed by atoms with Crippen molar-refractivity contribution >= 4 is 34.4 Å². The van der Waals surface area contributed by atoms with E-state index >= 15 is 0 Å². The van der Waals surface area contributed by atoms with Gasteiger partial charge in [-0.15, -0.1) is 0 Å². The topological polar surface area (TPSA) is 101 Å². The summed E-state index contributed by atoms with van der Waals surface area (Å²) in [4.78, 5) is 18.7. The highest BCUT2D eigenvalue weighted by Crippen LogP contribution is 2.27. The monoisotopic (exact) mass is 508 g/mol. The van der Waals surface area contributed by atoms with Gasteiger partial charge < -0.3 is 14.4 Å². The van der Waals surface area contributed by atoms with Crippen LogP contribution in [0.5, 0.6) is 5.75 Å². The zero-order valence-electron chi connectivity index (χ0n) is 21.5. The van der Waals surface area contributed by atoms with Crippen LogP contribution in [0.4, 0.5) is 28.4 Å². The summed E-state index contributed by atoms with van der Waals surface area (Å²) in [6.45, 7) is 3.31. The number of aryl methyl sites for hydroxylation is 1. The third-order valence-corrected chi connectivity index (χ3v) is 5.61. The van der Waals surface area contributed by atoms with Crippen LogP contribution in [0.25, 0.3) is 0 Å². The molecule has 3 aromatic carbocycles. The highest BCUT2D eigenvalue weighted by atomic mass is 16.5. The van der Waals surface area contributed by atoms with Gasteiger partial charge in [0.25, 0.3) is 0 Å². The molecular formula is C29H28N6O3. The molecule has 9 nitrogen and oxygen atoms in total. The standard InChI is InChI=1S/C29H28N6O3/c1-21-20-26(34-33-25-14-16-30-17-15-25)10-13-28(21)38-29(36)22-4-6-23(7-5-22)31-32-24-8-11-27(12-9-24)35(2)18-19-37-3/h4-17,20H,18-19H2,1-3H3. The van der Waals surface area contributed by atoms with Crippen LogP contribution in [0.15, 0.2) is 112 Å². The first-order chi connectivity index (χ1) is 18.5. The van der Waals surface area contributed by atoms with E-state index in [-0.39, 0.29) is 0 Å². The van der Waals surface area contributed by atoms with E-state index in [2.05, 4.69) is 30.3 Å². The van der Waals surface area contributed by atoms with Gasteiger partial charge in [-0.25, -0.2) is 4.79 Å². The van der Waals surface area contributed by atoms with Crippen LogP contribution in [-0.2, 0) is 4.74 Å². The van der Waals surface area contributed by atoms with Crippen molar-refractivity contribution < 1.29 is 14.3 Å². The third-order valence-electron chi connectivity index (χ3n) is 5.61. The predicted octanol–water partition coefficient (Wildman–Crippen LogP) is 7.52. The molecule has 0 fully saturated rings. The number of nitrogens with zero attached hydrogens (tertiary/aromatic N) is 6. The average Bonchev–Trinajstić information content (AvgIpc) is 2.96. The smallest absolute Gasteiger partial charge is 0.343 e. The first-order valence-corrected chi connectivity index (χ1v) is 12.0. The zero-order chi connectivity index (χ0) is 26.7. The number of benzene rings is 3. The number of rotatable bonds is 10. The second-order valence-corrected chi connectivity index (χ2v) is 8.42. The van der Waals surface area contributed by atoms with E-state index in [0.29, 0.717) is 35.0 Å². The number of likely N-dealkylation sites (N-methyl/N-ethyl adjacent to an activating group) is 1. The third kappa shape index (κ3) is 7.37. The molecule has 0 spiro atoms. The number of carbonyl (C=O) groups excluding carboxylic acids is 1. The van der Waals surface area contributed by atoms with Gasteiger partial charge in [0.2, 0.25) is 0 Å². The zero-order valence-corrected chi connectivity index (χ0v) is 21.5. The molecule has 0 atom stereocenters. The number of aromatic nitrogens is 1. The van der Waals surface area contributed by atoms with Gasteiger partial charge in [-0.1, -0.05) is 0 Å². The van der Waals surface area contributed by atoms with Gasteiger partial charge in [-0.3, -0.25) is 4.98 Å². The molecule has 9 heteroatoms. The molecule has 0 unspecified atom stereocenters. The molecular weight excluding hydrogens is 480 g/mol. The summed E-state index contributed by atoms with van der Waals surface area (Å²) in [5, 5.41) is 16.9. The summed E-state index contributed by atoms with van der Waals surface area (Å²) >= 11 is 0. The molecule has 192 valence electrons. The number of ether oxygens (including phenoxy) is 2. The van der Waals surface area contributed by atoms with E-state index < -0.39 is 5.97 Å². The van der Waals surface area contributed by atoms with E-state index in [1.54, 1.807) is 74.1 Å². The van der Waals surface area contributed by atoms with Crippen molar-refractivity contribution in [2.45, 2.75) is 6.92 Å². The fourth-order valence-corrected chi connectivity index (χ4v) is 3.41. The molecule has 0 aliphatic rings. The molecule has 0 radical (unpaired) electrons. The minimum absolute atomic E-state index is 0.410.